The smallest absolute Gasteiger partial charge is 0.0465 e. The zero-order chi connectivity index (χ0) is 8.55. The molecule has 2 unspecified atom stereocenters. The molecule has 0 spiro atoms. The van der Waals surface area contributed by atoms with Crippen molar-refractivity contribution in [2.24, 2.45) is 5.92 Å². The van der Waals surface area contributed by atoms with Crippen molar-refractivity contribution < 1.29 is 5.11 Å². The monoisotopic (exact) mass is 227 g/mol. The highest BCUT2D eigenvalue weighted by Crippen LogP contribution is 2.46. The highest BCUT2D eigenvalue weighted by Gasteiger charge is 2.37. The number of hydrogen-bond acceptors (Lipinski definition) is 2. The molecule has 1 fully saturated rings. The minimum atomic E-state index is 0.303. The number of aliphatic hydroxyl groups is 1. The van der Waals surface area contributed by atoms with E-state index in [1.54, 1.807) is 6.20 Å². The highest BCUT2D eigenvalue weighted by molar-refractivity contribution is 9.10. The Hall–Kier alpha value is -0.410. The van der Waals surface area contributed by atoms with Gasteiger partial charge in [-0.25, -0.2) is 0 Å². The van der Waals surface area contributed by atoms with Gasteiger partial charge in [-0.15, -0.1) is 0 Å². The lowest BCUT2D eigenvalue weighted by molar-refractivity contribution is 0.274. The fourth-order valence-corrected chi connectivity index (χ4v) is 1.87. The lowest BCUT2D eigenvalue weighted by atomic mass is 10.1. The number of aliphatic hydroxyl groups excluding tert-OH is 1. The Balaban J connectivity index is 2.14. The maximum atomic E-state index is 8.87. The fourth-order valence-electron chi connectivity index (χ4n) is 1.49. The van der Waals surface area contributed by atoms with E-state index < -0.39 is 0 Å². The van der Waals surface area contributed by atoms with Crippen molar-refractivity contribution in [3.8, 4) is 0 Å². The van der Waals surface area contributed by atoms with Crippen LogP contribution in [0.3, 0.4) is 0 Å². The van der Waals surface area contributed by atoms with E-state index in [1.165, 1.54) is 5.56 Å². The molecular formula is C9H10BrNO. The summed E-state index contributed by atoms with van der Waals surface area (Å²) in [5.74, 6) is 1.01. The molecule has 1 aromatic rings. The van der Waals surface area contributed by atoms with Crippen molar-refractivity contribution in [1.82, 2.24) is 4.98 Å². The molecule has 0 aliphatic heterocycles. The van der Waals surface area contributed by atoms with E-state index in [-0.39, 0.29) is 0 Å². The molecule has 12 heavy (non-hydrogen) atoms. The van der Waals surface area contributed by atoms with Gasteiger partial charge in [-0.3, -0.25) is 4.98 Å². The van der Waals surface area contributed by atoms with Crippen LogP contribution in [0.25, 0.3) is 0 Å². The first kappa shape index (κ1) is 8.20. The first-order valence-corrected chi connectivity index (χ1v) is 4.82. The molecular weight excluding hydrogens is 218 g/mol. The van der Waals surface area contributed by atoms with E-state index in [2.05, 4.69) is 27.0 Å². The Morgan fingerprint density at radius 1 is 1.58 bits per heavy atom. The van der Waals surface area contributed by atoms with E-state index in [1.807, 2.05) is 6.20 Å². The Kier molecular flexibility index (Phi) is 2.15. The van der Waals surface area contributed by atoms with Crippen LogP contribution in [0.2, 0.25) is 0 Å². The van der Waals surface area contributed by atoms with Crippen molar-refractivity contribution in [1.29, 1.82) is 0 Å². The summed E-state index contributed by atoms with van der Waals surface area (Å²) >= 11 is 3.38. The van der Waals surface area contributed by atoms with Gasteiger partial charge in [-0.05, 0) is 45.8 Å². The molecule has 1 aromatic heterocycles. The topological polar surface area (TPSA) is 33.1 Å². The largest absolute Gasteiger partial charge is 0.396 e. The molecule has 1 heterocycles. The third-order valence-electron chi connectivity index (χ3n) is 2.31. The number of nitrogens with zero attached hydrogens (tertiary/aromatic N) is 1. The standard InChI is InChI=1S/C9H10BrNO/c10-8-1-6(3-11-4-8)9-2-7(9)5-12/h1,3-4,7,9,12H,2,5H2. The molecule has 2 atom stereocenters. The predicted molar refractivity (Wildman–Crippen MR) is 49.9 cm³/mol. The molecule has 1 aliphatic carbocycles. The van der Waals surface area contributed by atoms with Gasteiger partial charge in [0.05, 0.1) is 0 Å². The first-order chi connectivity index (χ1) is 5.81. The van der Waals surface area contributed by atoms with Crippen LogP contribution in [0.1, 0.15) is 17.9 Å². The van der Waals surface area contributed by atoms with Gasteiger partial charge in [0, 0.05) is 23.5 Å². The quantitative estimate of drug-likeness (QED) is 0.838. The van der Waals surface area contributed by atoms with Crippen LogP contribution >= 0.6 is 15.9 Å². The normalized spacial score (nSPS) is 27.2. The van der Waals surface area contributed by atoms with E-state index in [0.29, 0.717) is 18.4 Å². The molecule has 1 aliphatic rings. The minimum Gasteiger partial charge on any atom is -0.396 e. The highest BCUT2D eigenvalue weighted by atomic mass is 79.9. The summed E-state index contributed by atoms with van der Waals surface area (Å²) in [5, 5.41) is 8.87. The summed E-state index contributed by atoms with van der Waals surface area (Å²) in [6.07, 6.45) is 4.76. The first-order valence-electron chi connectivity index (χ1n) is 4.02. The molecule has 0 radical (unpaired) electrons. The van der Waals surface area contributed by atoms with Crippen molar-refractivity contribution in [3.63, 3.8) is 0 Å². The number of halogens is 1. The SMILES string of the molecule is OCC1CC1c1cncc(Br)c1. The third-order valence-corrected chi connectivity index (χ3v) is 2.74. The van der Waals surface area contributed by atoms with Crippen LogP contribution in [0.5, 0.6) is 0 Å². The fraction of sp³-hybridized carbons (Fsp3) is 0.444. The lowest BCUT2D eigenvalue weighted by Crippen LogP contribution is -1.89. The summed E-state index contributed by atoms with van der Waals surface area (Å²) in [6, 6.07) is 2.08. The second kappa shape index (κ2) is 3.15. The predicted octanol–water partition coefficient (Wildman–Crippen LogP) is 1.94. The van der Waals surface area contributed by atoms with Crippen molar-refractivity contribution >= 4 is 15.9 Å². The van der Waals surface area contributed by atoms with Crippen LogP contribution < -0.4 is 0 Å². The number of rotatable bonds is 2. The van der Waals surface area contributed by atoms with E-state index in [9.17, 15) is 0 Å². The van der Waals surface area contributed by atoms with Crippen LogP contribution in [-0.4, -0.2) is 16.7 Å². The molecule has 0 saturated heterocycles. The molecule has 64 valence electrons. The zero-order valence-electron chi connectivity index (χ0n) is 6.57. The van der Waals surface area contributed by atoms with Crippen molar-refractivity contribution in [2.75, 3.05) is 6.61 Å². The van der Waals surface area contributed by atoms with Crippen LogP contribution in [0.15, 0.2) is 22.9 Å². The molecule has 1 N–H and O–H groups in total. The van der Waals surface area contributed by atoms with Crippen molar-refractivity contribution in [3.05, 3.63) is 28.5 Å². The molecule has 2 nitrogen and oxygen atoms in total. The van der Waals surface area contributed by atoms with Crippen LogP contribution in [0.4, 0.5) is 0 Å². The molecule has 1 saturated carbocycles. The van der Waals surface area contributed by atoms with Crippen LogP contribution in [-0.2, 0) is 0 Å². The summed E-state index contributed by atoms with van der Waals surface area (Å²) in [4.78, 5) is 4.09. The minimum absolute atomic E-state index is 0.303. The molecule has 0 amide bonds. The zero-order valence-corrected chi connectivity index (χ0v) is 8.16. The molecule has 3 heteroatoms. The number of pyridine rings is 1. The summed E-state index contributed by atoms with van der Waals surface area (Å²) in [7, 11) is 0. The average molecular weight is 228 g/mol. The maximum absolute atomic E-state index is 8.87. The van der Waals surface area contributed by atoms with E-state index in [4.69, 9.17) is 5.11 Å². The van der Waals surface area contributed by atoms with Gasteiger partial charge in [0.25, 0.3) is 0 Å². The molecule has 0 bridgehead atoms. The van der Waals surface area contributed by atoms with E-state index >= 15 is 0 Å². The third kappa shape index (κ3) is 1.52. The Labute approximate surface area is 79.8 Å². The maximum Gasteiger partial charge on any atom is 0.0465 e. The Morgan fingerprint density at radius 2 is 2.42 bits per heavy atom. The van der Waals surface area contributed by atoms with Gasteiger partial charge in [-0.2, -0.15) is 0 Å². The van der Waals surface area contributed by atoms with E-state index in [0.717, 1.165) is 10.9 Å². The Bertz CT molecular complexity index is 290. The summed E-state index contributed by atoms with van der Waals surface area (Å²) in [5.41, 5.74) is 1.24. The van der Waals surface area contributed by atoms with Crippen molar-refractivity contribution in [2.45, 2.75) is 12.3 Å². The van der Waals surface area contributed by atoms with Gasteiger partial charge in [0.1, 0.15) is 0 Å². The second-order valence-electron chi connectivity index (χ2n) is 3.22. The summed E-state index contributed by atoms with van der Waals surface area (Å²) in [6.45, 7) is 0.303. The number of aromatic nitrogens is 1. The average Bonchev–Trinajstić information content (AvgIpc) is 2.83. The lowest BCUT2D eigenvalue weighted by Gasteiger charge is -1.97. The van der Waals surface area contributed by atoms with Gasteiger partial charge in [0.15, 0.2) is 0 Å². The Morgan fingerprint density at radius 3 is 3.00 bits per heavy atom. The molecule has 2 rings (SSSR count). The van der Waals surface area contributed by atoms with Gasteiger partial charge >= 0.3 is 0 Å². The summed E-state index contributed by atoms with van der Waals surface area (Å²) < 4.78 is 1.02. The molecule has 0 aromatic carbocycles. The van der Waals surface area contributed by atoms with Crippen LogP contribution in [0, 0.1) is 5.92 Å². The second-order valence-corrected chi connectivity index (χ2v) is 4.14. The van der Waals surface area contributed by atoms with Gasteiger partial charge in [0.2, 0.25) is 0 Å². The van der Waals surface area contributed by atoms with Gasteiger partial charge in [-0.1, -0.05) is 0 Å². The number of hydrogen-bond donors (Lipinski definition) is 1. The van der Waals surface area contributed by atoms with Gasteiger partial charge < -0.3 is 5.11 Å².